The molecule has 0 aliphatic rings. The van der Waals surface area contributed by atoms with Crippen molar-refractivity contribution in [2.45, 2.75) is 37.8 Å². The number of unbranched alkanes of at least 4 members (excludes halogenated alkanes) is 1. The Balaban J connectivity index is 4.06. The van der Waals surface area contributed by atoms with Crippen LogP contribution >= 0.6 is 0 Å². The van der Waals surface area contributed by atoms with E-state index in [0.29, 0.717) is 13.0 Å². The number of aliphatic carboxylic acids is 1. The molecule has 0 aromatic rings. The van der Waals surface area contributed by atoms with Crippen LogP contribution in [0.5, 0.6) is 0 Å². The predicted octanol–water partition coefficient (Wildman–Crippen LogP) is -1.64. The summed E-state index contributed by atoms with van der Waals surface area (Å²) in [6.45, 7) is 0.749. The Morgan fingerprint density at radius 2 is 1.76 bits per heavy atom. The molecule has 0 aromatic heterocycles. The first-order valence-corrected chi connectivity index (χ1v) is 5.71. The minimum absolute atomic E-state index is 0.191. The average Bonchev–Trinajstić information content (AvgIpc) is 2.28. The van der Waals surface area contributed by atoms with Crippen LogP contribution in [0.1, 0.15) is 25.7 Å². The number of carbonyl (C=O) groups is 2. The summed E-state index contributed by atoms with van der Waals surface area (Å²) in [4.78, 5) is 22.3. The van der Waals surface area contributed by atoms with Crippen molar-refractivity contribution in [2.24, 2.45) is 17.2 Å². The lowest BCUT2D eigenvalue weighted by molar-refractivity contribution is -0.142. The van der Waals surface area contributed by atoms with Crippen molar-refractivity contribution >= 4 is 11.9 Å². The number of carboxylic acids is 1. The van der Waals surface area contributed by atoms with Gasteiger partial charge in [0.2, 0.25) is 5.91 Å². The Kier molecular flexibility index (Phi) is 8.29. The van der Waals surface area contributed by atoms with Crippen LogP contribution in [-0.4, -0.2) is 42.2 Å². The molecular weight excluding hydrogens is 224 g/mol. The van der Waals surface area contributed by atoms with Gasteiger partial charge in [-0.2, -0.15) is 0 Å². The SMILES string of the molecule is NCCCC[C@H](N)C(=O)N[C@@H](CCN)C(=O)O. The van der Waals surface area contributed by atoms with Gasteiger partial charge in [-0.3, -0.25) is 4.79 Å². The first-order chi connectivity index (χ1) is 8.02. The van der Waals surface area contributed by atoms with Crippen molar-refractivity contribution in [3.8, 4) is 0 Å². The molecule has 100 valence electrons. The maximum atomic E-state index is 11.6. The highest BCUT2D eigenvalue weighted by atomic mass is 16.4. The minimum atomic E-state index is -1.10. The summed E-state index contributed by atoms with van der Waals surface area (Å²) >= 11 is 0. The number of hydrogen-bond acceptors (Lipinski definition) is 5. The van der Waals surface area contributed by atoms with Crippen LogP contribution in [0.15, 0.2) is 0 Å². The van der Waals surface area contributed by atoms with Gasteiger partial charge >= 0.3 is 5.97 Å². The van der Waals surface area contributed by atoms with Gasteiger partial charge in [0, 0.05) is 0 Å². The predicted molar refractivity (Wildman–Crippen MR) is 64.1 cm³/mol. The molecule has 0 saturated heterocycles. The van der Waals surface area contributed by atoms with E-state index in [1.807, 2.05) is 0 Å². The number of amides is 1. The molecule has 1 amide bonds. The van der Waals surface area contributed by atoms with Crippen molar-refractivity contribution in [3.05, 3.63) is 0 Å². The second kappa shape index (κ2) is 8.91. The van der Waals surface area contributed by atoms with Crippen LogP contribution in [-0.2, 0) is 9.59 Å². The number of hydrogen-bond donors (Lipinski definition) is 5. The lowest BCUT2D eigenvalue weighted by Crippen LogP contribution is -2.49. The number of carbonyl (C=O) groups excluding carboxylic acids is 1. The maximum absolute atomic E-state index is 11.6. The van der Waals surface area contributed by atoms with E-state index in [9.17, 15) is 9.59 Å². The van der Waals surface area contributed by atoms with E-state index >= 15 is 0 Å². The van der Waals surface area contributed by atoms with E-state index in [1.54, 1.807) is 0 Å². The summed E-state index contributed by atoms with van der Waals surface area (Å²) in [6, 6.07) is -1.66. The Hall–Kier alpha value is -1.18. The lowest BCUT2D eigenvalue weighted by Gasteiger charge is -2.17. The van der Waals surface area contributed by atoms with Gasteiger partial charge < -0.3 is 27.6 Å². The summed E-state index contributed by atoms with van der Waals surface area (Å²) in [7, 11) is 0. The topological polar surface area (TPSA) is 144 Å². The molecule has 0 spiro atoms. The quantitative estimate of drug-likeness (QED) is 0.309. The molecule has 0 aromatic carbocycles. The normalized spacial score (nSPS) is 14.1. The molecule has 7 heteroatoms. The molecule has 0 unspecified atom stereocenters. The second-order valence-corrected chi connectivity index (χ2v) is 3.87. The minimum Gasteiger partial charge on any atom is -0.480 e. The van der Waals surface area contributed by atoms with Crippen LogP contribution in [0, 0.1) is 0 Å². The third-order valence-electron chi connectivity index (χ3n) is 2.38. The van der Waals surface area contributed by atoms with E-state index < -0.39 is 24.0 Å². The largest absolute Gasteiger partial charge is 0.480 e. The van der Waals surface area contributed by atoms with Crippen molar-refractivity contribution in [2.75, 3.05) is 13.1 Å². The number of nitrogens with two attached hydrogens (primary N) is 3. The van der Waals surface area contributed by atoms with E-state index in [2.05, 4.69) is 5.32 Å². The molecular formula is C10H22N4O3. The molecule has 0 aliphatic heterocycles. The Labute approximate surface area is 101 Å². The van der Waals surface area contributed by atoms with Crippen LogP contribution in [0.4, 0.5) is 0 Å². The zero-order valence-electron chi connectivity index (χ0n) is 9.89. The van der Waals surface area contributed by atoms with Crippen LogP contribution in [0.3, 0.4) is 0 Å². The van der Waals surface area contributed by atoms with Gasteiger partial charge in [0.25, 0.3) is 0 Å². The van der Waals surface area contributed by atoms with Gasteiger partial charge in [0.05, 0.1) is 6.04 Å². The van der Waals surface area contributed by atoms with Crippen molar-refractivity contribution in [3.63, 3.8) is 0 Å². The summed E-state index contributed by atoms with van der Waals surface area (Å²) in [5.41, 5.74) is 16.2. The molecule has 0 aliphatic carbocycles. The highest BCUT2D eigenvalue weighted by molar-refractivity contribution is 5.86. The van der Waals surface area contributed by atoms with Gasteiger partial charge in [0.15, 0.2) is 0 Å². The van der Waals surface area contributed by atoms with Gasteiger partial charge in [-0.25, -0.2) is 4.79 Å². The summed E-state index contributed by atoms with van der Waals surface area (Å²) in [5, 5.41) is 11.2. The standard InChI is InChI=1S/C10H22N4O3/c11-5-2-1-3-7(13)9(15)14-8(4-6-12)10(16)17/h7-8H,1-6,11-13H2,(H,14,15)(H,16,17)/t7-,8-/m0/s1. The number of rotatable bonds is 9. The fourth-order valence-electron chi connectivity index (χ4n) is 1.34. The van der Waals surface area contributed by atoms with E-state index in [-0.39, 0.29) is 13.0 Å². The first kappa shape index (κ1) is 15.8. The monoisotopic (exact) mass is 246 g/mol. The Morgan fingerprint density at radius 1 is 1.12 bits per heavy atom. The molecule has 8 N–H and O–H groups in total. The van der Waals surface area contributed by atoms with E-state index in [4.69, 9.17) is 22.3 Å². The third kappa shape index (κ3) is 6.88. The molecule has 2 atom stereocenters. The van der Waals surface area contributed by atoms with Gasteiger partial charge in [-0.15, -0.1) is 0 Å². The van der Waals surface area contributed by atoms with Gasteiger partial charge in [-0.1, -0.05) is 6.42 Å². The summed E-state index contributed by atoms with van der Waals surface area (Å²) in [5.74, 6) is -1.55. The second-order valence-electron chi connectivity index (χ2n) is 3.87. The number of nitrogens with one attached hydrogen (secondary N) is 1. The highest BCUT2D eigenvalue weighted by Gasteiger charge is 2.22. The van der Waals surface area contributed by atoms with E-state index in [0.717, 1.165) is 12.8 Å². The number of carboxylic acid groups (broad SMARTS) is 1. The van der Waals surface area contributed by atoms with Crippen molar-refractivity contribution < 1.29 is 14.7 Å². The van der Waals surface area contributed by atoms with Crippen molar-refractivity contribution in [1.29, 1.82) is 0 Å². The molecule has 7 nitrogen and oxygen atoms in total. The molecule has 17 heavy (non-hydrogen) atoms. The Morgan fingerprint density at radius 3 is 2.24 bits per heavy atom. The van der Waals surface area contributed by atoms with Gasteiger partial charge in [0.1, 0.15) is 6.04 Å². The summed E-state index contributed by atoms with van der Waals surface area (Å²) in [6.07, 6.45) is 2.24. The molecule has 0 bridgehead atoms. The average molecular weight is 246 g/mol. The third-order valence-corrected chi connectivity index (χ3v) is 2.38. The van der Waals surface area contributed by atoms with Crippen LogP contribution in [0.25, 0.3) is 0 Å². The van der Waals surface area contributed by atoms with Gasteiger partial charge in [-0.05, 0) is 32.4 Å². The molecule has 0 heterocycles. The smallest absolute Gasteiger partial charge is 0.326 e. The molecule has 0 fully saturated rings. The molecule has 0 rings (SSSR count). The Bertz CT molecular complexity index is 248. The van der Waals surface area contributed by atoms with Crippen LogP contribution < -0.4 is 22.5 Å². The zero-order chi connectivity index (χ0) is 13.3. The zero-order valence-corrected chi connectivity index (χ0v) is 9.89. The lowest BCUT2D eigenvalue weighted by atomic mass is 10.1. The van der Waals surface area contributed by atoms with E-state index in [1.165, 1.54) is 0 Å². The molecule has 0 radical (unpaired) electrons. The first-order valence-electron chi connectivity index (χ1n) is 5.71. The summed E-state index contributed by atoms with van der Waals surface area (Å²) < 4.78 is 0. The van der Waals surface area contributed by atoms with Crippen molar-refractivity contribution in [1.82, 2.24) is 5.32 Å². The maximum Gasteiger partial charge on any atom is 0.326 e. The fraction of sp³-hybridized carbons (Fsp3) is 0.800. The van der Waals surface area contributed by atoms with Crippen LogP contribution in [0.2, 0.25) is 0 Å². The molecule has 0 saturated carbocycles. The highest BCUT2D eigenvalue weighted by Crippen LogP contribution is 1.99. The fourth-order valence-corrected chi connectivity index (χ4v) is 1.34.